The normalized spacial score (nSPS) is 12.8. The summed E-state index contributed by atoms with van der Waals surface area (Å²) in [5.74, 6) is 5.42. The molecule has 3 aromatic heterocycles. The molecule has 0 aromatic carbocycles. The summed E-state index contributed by atoms with van der Waals surface area (Å²) < 4.78 is 16.1. The van der Waals surface area contributed by atoms with Gasteiger partial charge in [0.2, 0.25) is 0 Å². The Bertz CT molecular complexity index is 1370. The van der Waals surface area contributed by atoms with Crippen LogP contribution in [0, 0.1) is 11.8 Å². The van der Waals surface area contributed by atoms with Crippen LogP contribution < -0.4 is 10.0 Å². The van der Waals surface area contributed by atoms with Gasteiger partial charge in [0.05, 0.1) is 12.2 Å². The highest BCUT2D eigenvalue weighted by molar-refractivity contribution is 7.88. The van der Waals surface area contributed by atoms with Crippen molar-refractivity contribution in [3.05, 3.63) is 50.7 Å². The van der Waals surface area contributed by atoms with E-state index >= 15 is 0 Å². The Labute approximate surface area is 231 Å². The van der Waals surface area contributed by atoms with Gasteiger partial charge in [0.1, 0.15) is 26.3 Å². The average molecular weight is 583 g/mol. The van der Waals surface area contributed by atoms with Crippen LogP contribution in [0.15, 0.2) is 22.8 Å². The maximum atomic E-state index is 12.9. The summed E-state index contributed by atoms with van der Waals surface area (Å²) >= 11 is 13.6. The van der Waals surface area contributed by atoms with Gasteiger partial charge in [0, 0.05) is 18.6 Å². The molecule has 2 unspecified atom stereocenters. The maximum Gasteiger partial charge on any atom is 0.272 e. The molecule has 0 aliphatic heterocycles. The van der Waals surface area contributed by atoms with E-state index in [4.69, 9.17) is 28.3 Å². The number of aromatic nitrogens is 5. The van der Waals surface area contributed by atoms with Crippen molar-refractivity contribution in [3.8, 4) is 11.8 Å². The standard InChI is InChI=1S/C23H25Cl2N7O3S2/c1-13(29-21(34)19-18(24)15(27-12-28-19)8-6-5-7-9-33)22-26-11-17(36-22)37(35)32-16-10-14(23(2,3)4)20(25)31-30-16/h10-13,33H,5,7,9H2,1-4H3,(H,29,34)(H,30,32). The molecule has 3 rings (SSSR count). The predicted octanol–water partition coefficient (Wildman–Crippen LogP) is 4.08. The molecule has 0 saturated heterocycles. The number of thiazole rings is 1. The smallest absolute Gasteiger partial charge is 0.272 e. The average Bonchev–Trinajstić information content (AvgIpc) is 3.34. The second-order valence-electron chi connectivity index (χ2n) is 8.78. The number of unbranched alkanes of at least 4 members (excludes halogenated alkanes) is 1. The van der Waals surface area contributed by atoms with Gasteiger partial charge in [0.15, 0.2) is 27.7 Å². The summed E-state index contributed by atoms with van der Waals surface area (Å²) in [6.45, 7) is 7.74. The number of carbonyl (C=O) groups excluding carboxylic acids is 1. The number of hydrogen-bond donors (Lipinski definition) is 3. The molecule has 37 heavy (non-hydrogen) atoms. The molecule has 0 aliphatic carbocycles. The van der Waals surface area contributed by atoms with Gasteiger partial charge >= 0.3 is 0 Å². The highest BCUT2D eigenvalue weighted by Gasteiger charge is 2.22. The molecule has 0 saturated carbocycles. The van der Waals surface area contributed by atoms with E-state index in [1.165, 1.54) is 23.9 Å². The zero-order valence-electron chi connectivity index (χ0n) is 20.5. The SMILES string of the molecule is CC(NC(=O)c1ncnc(C#CCCCO)c1Cl)c1ncc(S(=O)Nc2cc(C(C)(C)C)c(Cl)nn2)s1. The number of carbonyl (C=O) groups is 1. The Balaban J connectivity index is 1.68. The van der Waals surface area contributed by atoms with E-state index in [2.05, 4.69) is 47.0 Å². The largest absolute Gasteiger partial charge is 0.396 e. The second-order valence-corrected chi connectivity index (χ2v) is 12.0. The van der Waals surface area contributed by atoms with Crippen LogP contribution in [-0.4, -0.2) is 47.0 Å². The van der Waals surface area contributed by atoms with Gasteiger partial charge in [0.25, 0.3) is 5.91 Å². The van der Waals surface area contributed by atoms with E-state index in [9.17, 15) is 9.00 Å². The summed E-state index contributed by atoms with van der Waals surface area (Å²) in [7, 11) is -1.66. The van der Waals surface area contributed by atoms with E-state index in [1.807, 2.05) is 20.8 Å². The first-order chi connectivity index (χ1) is 17.5. The van der Waals surface area contributed by atoms with Gasteiger partial charge in [-0.05, 0) is 30.7 Å². The number of aliphatic hydroxyl groups excluding tert-OH is 1. The maximum absolute atomic E-state index is 12.9. The van der Waals surface area contributed by atoms with Crippen molar-refractivity contribution >= 4 is 57.2 Å². The van der Waals surface area contributed by atoms with Gasteiger partial charge in [-0.2, -0.15) is 0 Å². The summed E-state index contributed by atoms with van der Waals surface area (Å²) in [6.07, 6.45) is 3.68. The molecule has 14 heteroatoms. The molecule has 0 radical (unpaired) electrons. The van der Waals surface area contributed by atoms with Crippen LogP contribution in [0.25, 0.3) is 0 Å². The first-order valence-electron chi connectivity index (χ1n) is 11.1. The van der Waals surface area contributed by atoms with E-state index in [1.54, 1.807) is 13.0 Å². The quantitative estimate of drug-likeness (QED) is 0.267. The number of nitrogens with zero attached hydrogens (tertiary/aromatic N) is 5. The lowest BCUT2D eigenvalue weighted by Crippen LogP contribution is -2.28. The molecule has 0 bridgehead atoms. The fourth-order valence-electron chi connectivity index (χ4n) is 2.91. The number of hydrogen-bond acceptors (Lipinski definition) is 9. The molecule has 3 heterocycles. The van der Waals surface area contributed by atoms with Crippen molar-refractivity contribution in [1.29, 1.82) is 0 Å². The predicted molar refractivity (Wildman–Crippen MR) is 144 cm³/mol. The number of halogens is 2. The van der Waals surface area contributed by atoms with Gasteiger partial charge in [-0.25, -0.2) is 19.2 Å². The topological polar surface area (TPSA) is 143 Å². The van der Waals surface area contributed by atoms with Crippen LogP contribution in [0.1, 0.15) is 73.3 Å². The van der Waals surface area contributed by atoms with Crippen molar-refractivity contribution in [2.75, 3.05) is 11.3 Å². The molecule has 0 fully saturated rings. The summed E-state index contributed by atoms with van der Waals surface area (Å²) in [6, 6.07) is 1.20. The van der Waals surface area contributed by atoms with Gasteiger partial charge in [-0.3, -0.25) is 9.52 Å². The Morgan fingerprint density at radius 2 is 2.00 bits per heavy atom. The Morgan fingerprint density at radius 3 is 2.70 bits per heavy atom. The van der Waals surface area contributed by atoms with E-state index in [0.717, 1.165) is 5.56 Å². The van der Waals surface area contributed by atoms with Crippen LogP contribution >= 0.6 is 34.5 Å². The van der Waals surface area contributed by atoms with Crippen LogP contribution in [0.3, 0.4) is 0 Å². The number of amides is 1. The Kier molecular flexibility index (Phi) is 9.92. The summed E-state index contributed by atoms with van der Waals surface area (Å²) in [4.78, 5) is 25.1. The highest BCUT2D eigenvalue weighted by atomic mass is 35.5. The van der Waals surface area contributed by atoms with Crippen molar-refractivity contribution < 1.29 is 14.1 Å². The lowest BCUT2D eigenvalue weighted by Gasteiger charge is -2.20. The number of rotatable bonds is 8. The lowest BCUT2D eigenvalue weighted by atomic mass is 9.88. The number of anilines is 1. The third-order valence-electron chi connectivity index (χ3n) is 4.83. The van der Waals surface area contributed by atoms with E-state index in [0.29, 0.717) is 27.9 Å². The van der Waals surface area contributed by atoms with Gasteiger partial charge in [-0.15, -0.1) is 21.5 Å². The minimum Gasteiger partial charge on any atom is -0.396 e. The number of nitrogens with one attached hydrogen (secondary N) is 2. The molecular weight excluding hydrogens is 557 g/mol. The van der Waals surface area contributed by atoms with Crippen LogP contribution in [-0.2, 0) is 16.4 Å². The fourth-order valence-corrected chi connectivity index (χ4v) is 5.39. The molecule has 3 aromatic rings. The lowest BCUT2D eigenvalue weighted by molar-refractivity contribution is 0.0934. The number of aliphatic hydroxyl groups is 1. The first kappa shape index (κ1) is 28.9. The zero-order valence-corrected chi connectivity index (χ0v) is 23.6. The van der Waals surface area contributed by atoms with Crippen molar-refractivity contribution in [1.82, 2.24) is 30.5 Å². The second kappa shape index (κ2) is 12.7. The third kappa shape index (κ3) is 7.66. The summed E-state index contributed by atoms with van der Waals surface area (Å²) in [5, 5.41) is 20.4. The minimum atomic E-state index is -1.66. The Morgan fingerprint density at radius 1 is 1.24 bits per heavy atom. The molecule has 0 spiro atoms. The van der Waals surface area contributed by atoms with Crippen molar-refractivity contribution in [2.24, 2.45) is 0 Å². The van der Waals surface area contributed by atoms with Gasteiger partial charge in [-0.1, -0.05) is 49.9 Å². The van der Waals surface area contributed by atoms with Gasteiger partial charge < -0.3 is 10.4 Å². The zero-order chi connectivity index (χ0) is 27.2. The summed E-state index contributed by atoms with van der Waals surface area (Å²) in [5.41, 5.74) is 0.710. The highest BCUT2D eigenvalue weighted by Crippen LogP contribution is 2.30. The van der Waals surface area contributed by atoms with E-state index in [-0.39, 0.29) is 33.6 Å². The third-order valence-corrected chi connectivity index (χ3v) is 8.01. The molecule has 10 nitrogen and oxygen atoms in total. The van der Waals surface area contributed by atoms with Crippen molar-refractivity contribution in [2.45, 2.75) is 56.2 Å². The molecular formula is C23H25Cl2N7O3S2. The molecule has 3 N–H and O–H groups in total. The minimum absolute atomic E-state index is 0.0204. The molecule has 1 amide bonds. The monoisotopic (exact) mass is 581 g/mol. The van der Waals surface area contributed by atoms with E-state index < -0.39 is 22.9 Å². The van der Waals surface area contributed by atoms with Crippen LogP contribution in [0.2, 0.25) is 10.2 Å². The fraction of sp³-hybridized carbons (Fsp3) is 0.391. The molecule has 2 atom stereocenters. The first-order valence-corrected chi connectivity index (χ1v) is 13.8. The molecule has 0 aliphatic rings. The van der Waals surface area contributed by atoms with Crippen LogP contribution in [0.5, 0.6) is 0 Å². The molecule has 196 valence electrons. The van der Waals surface area contributed by atoms with Crippen molar-refractivity contribution in [3.63, 3.8) is 0 Å². The Hall–Kier alpha value is -2.69. The van der Waals surface area contributed by atoms with Crippen LogP contribution in [0.4, 0.5) is 5.82 Å².